The number of fused-ring (bicyclic) bond motifs is 1. The first-order valence-electron chi connectivity index (χ1n) is 12.2. The van der Waals surface area contributed by atoms with E-state index in [1.807, 2.05) is 6.92 Å². The summed E-state index contributed by atoms with van der Waals surface area (Å²) < 4.78 is 19.5. The summed E-state index contributed by atoms with van der Waals surface area (Å²) in [6.07, 6.45) is 1.82. The van der Waals surface area contributed by atoms with E-state index in [1.165, 1.54) is 29.2 Å². The molecule has 0 aliphatic carbocycles. The van der Waals surface area contributed by atoms with Crippen molar-refractivity contribution in [1.82, 2.24) is 14.8 Å². The Hall–Kier alpha value is -3.44. The average molecular weight is 496 g/mol. The van der Waals surface area contributed by atoms with Crippen molar-refractivity contribution in [2.24, 2.45) is 11.8 Å². The molecular weight excluding hydrogens is 461 g/mol. The minimum absolute atomic E-state index is 0.170. The fourth-order valence-electron chi connectivity index (χ4n) is 3.91. The van der Waals surface area contributed by atoms with Gasteiger partial charge < -0.3 is 19.6 Å². The number of carbonyl (C=O) groups excluding carboxylic acids is 2. The number of ether oxygens (including phenoxy) is 1. The van der Waals surface area contributed by atoms with Crippen molar-refractivity contribution < 1.29 is 23.8 Å². The van der Waals surface area contributed by atoms with Crippen molar-refractivity contribution in [3.8, 4) is 17.7 Å². The maximum atomic E-state index is 13.5. The highest BCUT2D eigenvalue weighted by molar-refractivity contribution is 5.97. The molecule has 1 aliphatic rings. The van der Waals surface area contributed by atoms with Crippen LogP contribution in [0.4, 0.5) is 4.39 Å². The lowest BCUT2D eigenvalue weighted by molar-refractivity contribution is 0.0313. The number of hydrogen-bond donors (Lipinski definition) is 1. The van der Waals surface area contributed by atoms with Crippen LogP contribution >= 0.6 is 0 Å². The average Bonchev–Trinajstić information content (AvgIpc) is 2.85. The first kappa shape index (κ1) is 27.2. The van der Waals surface area contributed by atoms with Gasteiger partial charge in [0.2, 0.25) is 5.88 Å². The second kappa shape index (κ2) is 12.0. The molecule has 0 bridgehead atoms. The monoisotopic (exact) mass is 495 g/mol. The van der Waals surface area contributed by atoms with Crippen molar-refractivity contribution in [3.05, 3.63) is 59.0 Å². The van der Waals surface area contributed by atoms with Crippen molar-refractivity contribution in [1.29, 1.82) is 0 Å². The fourth-order valence-corrected chi connectivity index (χ4v) is 3.91. The van der Waals surface area contributed by atoms with E-state index >= 15 is 0 Å². The lowest BCUT2D eigenvalue weighted by Gasteiger charge is -2.37. The van der Waals surface area contributed by atoms with Crippen LogP contribution in [0.25, 0.3) is 0 Å². The van der Waals surface area contributed by atoms with Gasteiger partial charge in [-0.3, -0.25) is 9.59 Å². The van der Waals surface area contributed by atoms with Crippen LogP contribution in [0.2, 0.25) is 0 Å². The number of likely N-dealkylation sites (N-methyl/N-ethyl adjacent to an activating group) is 1. The smallest absolute Gasteiger partial charge is 0.259 e. The molecule has 2 heterocycles. The minimum atomic E-state index is -0.481. The zero-order valence-electron chi connectivity index (χ0n) is 21.5. The molecule has 7 nitrogen and oxygen atoms in total. The Bertz CT molecular complexity index is 1140. The van der Waals surface area contributed by atoms with Crippen molar-refractivity contribution in [2.45, 2.75) is 46.3 Å². The lowest BCUT2D eigenvalue weighted by atomic mass is 9.99. The number of carbonyl (C=O) groups is 2. The summed E-state index contributed by atoms with van der Waals surface area (Å²) in [7, 11) is 1.65. The molecule has 0 saturated carbocycles. The number of aromatic nitrogens is 1. The third-order valence-electron chi connectivity index (χ3n) is 6.16. The Morgan fingerprint density at radius 2 is 2.00 bits per heavy atom. The highest BCUT2D eigenvalue weighted by Crippen LogP contribution is 2.27. The zero-order valence-corrected chi connectivity index (χ0v) is 21.5. The summed E-state index contributed by atoms with van der Waals surface area (Å²) in [5.74, 6) is 5.63. The van der Waals surface area contributed by atoms with Crippen molar-refractivity contribution in [2.75, 3.05) is 26.7 Å². The van der Waals surface area contributed by atoms with Gasteiger partial charge in [0.05, 0.1) is 19.2 Å². The molecule has 2 amide bonds. The van der Waals surface area contributed by atoms with E-state index in [2.05, 4.69) is 30.7 Å². The molecule has 192 valence electrons. The summed E-state index contributed by atoms with van der Waals surface area (Å²) in [5.41, 5.74) is 1.25. The standard InChI is InChI=1S/C28H34FN3O4/c1-18(2)7-6-8-21-13-24-26(30-14-21)36-25(19(3)15-32(28(24)35)20(4)17-33)16-31(5)27(34)22-9-11-23(29)12-10-22/h9-14,18-20,25,33H,7,15-17H2,1-5H3/t19-,20+,25-/m1/s1. The second-order valence-electron chi connectivity index (χ2n) is 9.79. The molecule has 0 saturated heterocycles. The fraction of sp³-hybridized carbons (Fsp3) is 0.464. The molecule has 1 aromatic carbocycles. The van der Waals surface area contributed by atoms with Crippen LogP contribution in [0.15, 0.2) is 36.5 Å². The largest absolute Gasteiger partial charge is 0.472 e. The molecule has 1 aromatic heterocycles. The zero-order chi connectivity index (χ0) is 26.4. The van der Waals surface area contributed by atoms with Gasteiger partial charge in [-0.25, -0.2) is 9.37 Å². The number of rotatable bonds is 6. The number of nitrogens with zero attached hydrogens (tertiary/aromatic N) is 3. The van der Waals surface area contributed by atoms with E-state index in [1.54, 1.807) is 31.1 Å². The molecule has 0 spiro atoms. The van der Waals surface area contributed by atoms with E-state index in [9.17, 15) is 19.1 Å². The Morgan fingerprint density at radius 1 is 1.31 bits per heavy atom. The van der Waals surface area contributed by atoms with E-state index in [0.717, 1.165) is 6.42 Å². The molecule has 3 atom stereocenters. The normalized spacial score (nSPS) is 18.3. The number of hydrogen-bond acceptors (Lipinski definition) is 5. The summed E-state index contributed by atoms with van der Waals surface area (Å²) in [6, 6.07) is 6.64. The van der Waals surface area contributed by atoms with Gasteiger partial charge in [0.25, 0.3) is 11.8 Å². The van der Waals surface area contributed by atoms with Gasteiger partial charge in [0.15, 0.2) is 0 Å². The Labute approximate surface area is 212 Å². The van der Waals surface area contributed by atoms with Crippen LogP contribution in [0.5, 0.6) is 5.88 Å². The number of benzene rings is 1. The summed E-state index contributed by atoms with van der Waals surface area (Å²) in [5, 5.41) is 9.81. The van der Waals surface area contributed by atoms with E-state index < -0.39 is 18.0 Å². The van der Waals surface area contributed by atoms with E-state index in [4.69, 9.17) is 4.74 Å². The Balaban J connectivity index is 1.92. The predicted octanol–water partition coefficient (Wildman–Crippen LogP) is 3.61. The third kappa shape index (κ3) is 6.61. The molecule has 8 heteroatoms. The SMILES string of the molecule is CC(C)CC#Cc1cnc2c(c1)C(=O)N([C@@H](C)CO)C[C@@H](C)[C@@H](CN(C)C(=O)c1ccc(F)cc1)O2. The van der Waals surface area contributed by atoms with Gasteiger partial charge in [0, 0.05) is 43.3 Å². The Morgan fingerprint density at radius 3 is 2.64 bits per heavy atom. The lowest BCUT2D eigenvalue weighted by Crippen LogP contribution is -2.50. The van der Waals surface area contributed by atoms with Crippen LogP contribution in [0.3, 0.4) is 0 Å². The quantitative estimate of drug-likeness (QED) is 0.619. The molecule has 3 rings (SSSR count). The number of halogens is 1. The molecular formula is C28H34FN3O4. The first-order chi connectivity index (χ1) is 17.1. The summed E-state index contributed by atoms with van der Waals surface area (Å²) >= 11 is 0. The molecule has 0 unspecified atom stereocenters. The van der Waals surface area contributed by atoms with Gasteiger partial charge in [-0.1, -0.05) is 32.6 Å². The van der Waals surface area contributed by atoms with Crippen molar-refractivity contribution in [3.63, 3.8) is 0 Å². The molecule has 0 fully saturated rings. The maximum Gasteiger partial charge on any atom is 0.259 e. The molecule has 1 N–H and O–H groups in total. The Kier molecular flexibility index (Phi) is 9.05. The molecule has 2 aromatic rings. The number of amides is 2. The van der Waals surface area contributed by atoms with Crippen molar-refractivity contribution >= 4 is 11.8 Å². The predicted molar refractivity (Wildman–Crippen MR) is 135 cm³/mol. The van der Waals surface area contributed by atoms with Crippen LogP contribution in [-0.4, -0.2) is 70.6 Å². The van der Waals surface area contributed by atoms with Crippen LogP contribution in [0.1, 0.15) is 60.4 Å². The molecule has 0 radical (unpaired) electrons. The summed E-state index contributed by atoms with van der Waals surface area (Å²) in [4.78, 5) is 33.9. The maximum absolute atomic E-state index is 13.5. The van der Waals surface area contributed by atoms with Gasteiger partial charge >= 0.3 is 0 Å². The number of pyridine rings is 1. The van der Waals surface area contributed by atoms with Gasteiger partial charge in [0.1, 0.15) is 17.5 Å². The number of aliphatic hydroxyl groups excluding tert-OH is 1. The van der Waals surface area contributed by atoms with E-state index in [0.29, 0.717) is 23.6 Å². The van der Waals surface area contributed by atoms with Gasteiger partial charge in [-0.05, 0) is 43.2 Å². The van der Waals surface area contributed by atoms with Crippen LogP contribution < -0.4 is 4.74 Å². The first-order valence-corrected chi connectivity index (χ1v) is 12.2. The number of aliphatic hydroxyl groups is 1. The second-order valence-corrected chi connectivity index (χ2v) is 9.79. The highest BCUT2D eigenvalue weighted by atomic mass is 19.1. The summed E-state index contributed by atoms with van der Waals surface area (Å²) in [6.45, 7) is 8.24. The van der Waals surface area contributed by atoms with Crippen LogP contribution in [-0.2, 0) is 0 Å². The topological polar surface area (TPSA) is 83.0 Å². The van der Waals surface area contributed by atoms with Crippen LogP contribution in [0, 0.1) is 29.5 Å². The molecule has 1 aliphatic heterocycles. The third-order valence-corrected chi connectivity index (χ3v) is 6.16. The molecule has 36 heavy (non-hydrogen) atoms. The van der Waals surface area contributed by atoms with Gasteiger partial charge in [-0.15, -0.1) is 0 Å². The minimum Gasteiger partial charge on any atom is -0.472 e. The van der Waals surface area contributed by atoms with E-state index in [-0.39, 0.29) is 42.3 Å². The van der Waals surface area contributed by atoms with Gasteiger partial charge in [-0.2, -0.15) is 0 Å². The highest BCUT2D eigenvalue weighted by Gasteiger charge is 2.34.